The van der Waals surface area contributed by atoms with Gasteiger partial charge in [-0.05, 0) is 50.9 Å². The van der Waals surface area contributed by atoms with Crippen LogP contribution in [0.1, 0.15) is 43.0 Å². The van der Waals surface area contributed by atoms with E-state index in [1.807, 2.05) is 0 Å². The molecule has 1 aromatic carbocycles. The molecular formula is C16H24BrN3O. The highest BCUT2D eigenvalue weighted by molar-refractivity contribution is 9.10. The summed E-state index contributed by atoms with van der Waals surface area (Å²) in [7, 11) is 0. The first-order valence-corrected chi connectivity index (χ1v) is 8.44. The first-order chi connectivity index (χ1) is 10.1. The van der Waals surface area contributed by atoms with E-state index in [1.165, 1.54) is 25.8 Å². The van der Waals surface area contributed by atoms with Gasteiger partial charge in [0.2, 0.25) is 0 Å². The normalized spacial score (nSPS) is 19.4. The summed E-state index contributed by atoms with van der Waals surface area (Å²) < 4.78 is 0.829. The average molecular weight is 354 g/mol. The van der Waals surface area contributed by atoms with Crippen molar-refractivity contribution in [3.8, 4) is 0 Å². The van der Waals surface area contributed by atoms with E-state index in [0.29, 0.717) is 23.8 Å². The van der Waals surface area contributed by atoms with Crippen LogP contribution < -0.4 is 11.1 Å². The Bertz CT molecular complexity index is 472. The average Bonchev–Trinajstić information content (AvgIpc) is 2.44. The number of rotatable bonds is 5. The number of hydrogen-bond acceptors (Lipinski definition) is 3. The van der Waals surface area contributed by atoms with Crippen LogP contribution in [0.15, 0.2) is 22.7 Å². The summed E-state index contributed by atoms with van der Waals surface area (Å²) in [6.45, 7) is 5.25. The summed E-state index contributed by atoms with van der Waals surface area (Å²) in [6, 6.07) is 5.96. The second-order valence-corrected chi connectivity index (χ2v) is 6.68. The summed E-state index contributed by atoms with van der Waals surface area (Å²) in [6.07, 6.45) is 4.93. The Morgan fingerprint density at radius 2 is 2.24 bits per heavy atom. The topological polar surface area (TPSA) is 58.4 Å². The van der Waals surface area contributed by atoms with Crippen LogP contribution in [0.5, 0.6) is 0 Å². The van der Waals surface area contributed by atoms with Crippen molar-refractivity contribution in [2.24, 2.45) is 0 Å². The number of anilines is 1. The first-order valence-electron chi connectivity index (χ1n) is 7.64. The molecule has 1 fully saturated rings. The molecule has 1 amide bonds. The minimum atomic E-state index is -0.0605. The van der Waals surface area contributed by atoms with Crippen molar-refractivity contribution < 1.29 is 4.79 Å². The van der Waals surface area contributed by atoms with Gasteiger partial charge < -0.3 is 16.0 Å². The molecule has 0 bridgehead atoms. The molecule has 2 rings (SSSR count). The van der Waals surface area contributed by atoms with Gasteiger partial charge in [-0.3, -0.25) is 4.79 Å². The molecule has 21 heavy (non-hydrogen) atoms. The smallest absolute Gasteiger partial charge is 0.251 e. The molecule has 0 radical (unpaired) electrons. The van der Waals surface area contributed by atoms with Gasteiger partial charge in [0, 0.05) is 34.9 Å². The van der Waals surface area contributed by atoms with Crippen LogP contribution in [-0.4, -0.2) is 36.5 Å². The molecule has 0 spiro atoms. The summed E-state index contributed by atoms with van der Waals surface area (Å²) in [5, 5.41) is 2.97. The lowest BCUT2D eigenvalue weighted by atomic mass is 10.0. The fourth-order valence-electron chi connectivity index (χ4n) is 2.82. The van der Waals surface area contributed by atoms with Crippen molar-refractivity contribution in [2.45, 2.75) is 38.6 Å². The first kappa shape index (κ1) is 16.3. The number of likely N-dealkylation sites (tertiary alicyclic amines) is 1. The maximum atomic E-state index is 12.1. The Balaban J connectivity index is 1.74. The lowest BCUT2D eigenvalue weighted by Crippen LogP contribution is -2.39. The van der Waals surface area contributed by atoms with Crippen LogP contribution in [0.2, 0.25) is 0 Å². The molecule has 4 nitrogen and oxygen atoms in total. The van der Waals surface area contributed by atoms with Gasteiger partial charge in [-0.2, -0.15) is 0 Å². The zero-order chi connectivity index (χ0) is 15.2. The second kappa shape index (κ2) is 7.80. The number of nitrogen functional groups attached to an aromatic ring is 1. The molecule has 1 saturated heterocycles. The molecule has 1 heterocycles. The van der Waals surface area contributed by atoms with Gasteiger partial charge in [0.1, 0.15) is 0 Å². The molecule has 0 aromatic heterocycles. The Hall–Kier alpha value is -1.07. The van der Waals surface area contributed by atoms with Crippen molar-refractivity contribution in [3.63, 3.8) is 0 Å². The summed E-state index contributed by atoms with van der Waals surface area (Å²) in [5.41, 5.74) is 6.95. The third kappa shape index (κ3) is 5.00. The van der Waals surface area contributed by atoms with Crippen molar-refractivity contribution in [3.05, 3.63) is 28.2 Å². The maximum Gasteiger partial charge on any atom is 0.251 e. The number of amides is 1. The number of benzene rings is 1. The molecule has 0 aliphatic carbocycles. The van der Waals surface area contributed by atoms with E-state index >= 15 is 0 Å². The molecule has 1 aromatic rings. The van der Waals surface area contributed by atoms with E-state index in [0.717, 1.165) is 17.4 Å². The SMILES string of the molecule is CC1CCCCN1CCCNC(=O)c1cc(N)cc(Br)c1. The quantitative estimate of drug-likeness (QED) is 0.631. The highest BCUT2D eigenvalue weighted by Gasteiger charge is 2.17. The number of nitrogens with two attached hydrogens (primary N) is 1. The van der Waals surface area contributed by atoms with Gasteiger partial charge in [-0.1, -0.05) is 22.4 Å². The van der Waals surface area contributed by atoms with E-state index in [-0.39, 0.29) is 5.91 Å². The third-order valence-electron chi connectivity index (χ3n) is 4.03. The minimum Gasteiger partial charge on any atom is -0.399 e. The predicted octanol–water partition coefficient (Wildman–Crippen LogP) is 3.03. The third-order valence-corrected chi connectivity index (χ3v) is 4.49. The number of nitrogens with one attached hydrogen (secondary N) is 1. The van der Waals surface area contributed by atoms with Crippen molar-refractivity contribution in [2.75, 3.05) is 25.4 Å². The van der Waals surface area contributed by atoms with Gasteiger partial charge in [0.25, 0.3) is 5.91 Å². The largest absolute Gasteiger partial charge is 0.399 e. The van der Waals surface area contributed by atoms with E-state index in [9.17, 15) is 4.79 Å². The van der Waals surface area contributed by atoms with Gasteiger partial charge >= 0.3 is 0 Å². The summed E-state index contributed by atoms with van der Waals surface area (Å²) >= 11 is 3.36. The molecule has 3 N–H and O–H groups in total. The molecule has 0 saturated carbocycles. The van der Waals surface area contributed by atoms with Crippen molar-refractivity contribution >= 4 is 27.5 Å². The number of carbonyl (C=O) groups is 1. The number of halogens is 1. The zero-order valence-electron chi connectivity index (χ0n) is 12.6. The van der Waals surface area contributed by atoms with Crippen LogP contribution in [0.3, 0.4) is 0 Å². The molecule has 5 heteroatoms. The Labute approximate surface area is 135 Å². The fraction of sp³-hybridized carbons (Fsp3) is 0.562. The summed E-state index contributed by atoms with van der Waals surface area (Å²) in [5.74, 6) is -0.0605. The van der Waals surface area contributed by atoms with Crippen LogP contribution >= 0.6 is 15.9 Å². The van der Waals surface area contributed by atoms with Crippen LogP contribution in [-0.2, 0) is 0 Å². The van der Waals surface area contributed by atoms with E-state index in [2.05, 4.69) is 33.1 Å². The van der Waals surface area contributed by atoms with Crippen LogP contribution in [0.4, 0.5) is 5.69 Å². The Morgan fingerprint density at radius 1 is 1.43 bits per heavy atom. The van der Waals surface area contributed by atoms with Crippen molar-refractivity contribution in [1.29, 1.82) is 0 Å². The zero-order valence-corrected chi connectivity index (χ0v) is 14.2. The molecular weight excluding hydrogens is 330 g/mol. The van der Waals surface area contributed by atoms with Gasteiger partial charge in [0.15, 0.2) is 0 Å². The number of nitrogens with zero attached hydrogens (tertiary/aromatic N) is 1. The molecule has 1 unspecified atom stereocenters. The van der Waals surface area contributed by atoms with E-state index in [4.69, 9.17) is 5.73 Å². The number of carbonyl (C=O) groups excluding carboxylic acids is 1. The van der Waals surface area contributed by atoms with Gasteiger partial charge in [-0.25, -0.2) is 0 Å². The highest BCUT2D eigenvalue weighted by Crippen LogP contribution is 2.18. The summed E-state index contributed by atoms with van der Waals surface area (Å²) in [4.78, 5) is 14.6. The standard InChI is InChI=1S/C16H24BrN3O/c1-12-5-2-3-7-20(12)8-4-6-19-16(21)13-9-14(17)11-15(18)10-13/h9-12H,2-8,18H2,1H3,(H,19,21). The second-order valence-electron chi connectivity index (χ2n) is 5.76. The predicted molar refractivity (Wildman–Crippen MR) is 90.4 cm³/mol. The monoisotopic (exact) mass is 353 g/mol. The van der Waals surface area contributed by atoms with Crippen molar-refractivity contribution in [1.82, 2.24) is 10.2 Å². The van der Waals surface area contributed by atoms with Crippen LogP contribution in [0, 0.1) is 0 Å². The van der Waals surface area contributed by atoms with E-state index < -0.39 is 0 Å². The maximum absolute atomic E-state index is 12.1. The number of piperidine rings is 1. The highest BCUT2D eigenvalue weighted by atomic mass is 79.9. The van der Waals surface area contributed by atoms with Gasteiger partial charge in [-0.15, -0.1) is 0 Å². The molecule has 1 aliphatic heterocycles. The van der Waals surface area contributed by atoms with E-state index in [1.54, 1.807) is 18.2 Å². The Kier molecular flexibility index (Phi) is 6.06. The lowest BCUT2D eigenvalue weighted by Gasteiger charge is -2.33. The molecule has 116 valence electrons. The lowest BCUT2D eigenvalue weighted by molar-refractivity contribution is 0.0949. The number of hydrogen-bond donors (Lipinski definition) is 2. The Morgan fingerprint density at radius 3 is 2.95 bits per heavy atom. The van der Waals surface area contributed by atoms with Gasteiger partial charge in [0.05, 0.1) is 0 Å². The molecule has 1 atom stereocenters. The van der Waals surface area contributed by atoms with Crippen LogP contribution in [0.25, 0.3) is 0 Å². The minimum absolute atomic E-state index is 0.0605. The molecule has 1 aliphatic rings. The fourth-order valence-corrected chi connectivity index (χ4v) is 3.33.